The standard InChI is InChI=1S/C22H21F2NO3/c1-12(2)22-15(6-8-21(26)27)16-10-20(28-4)18(24)11-19(16)25(22)14-5-7-17(23)13(3)9-14/h5-12H,1-4H3,(H,26,27)/b8-6+. The van der Waals surface area contributed by atoms with Crippen LogP contribution in [0.2, 0.25) is 0 Å². The van der Waals surface area contributed by atoms with Crippen molar-refractivity contribution < 1.29 is 23.4 Å². The summed E-state index contributed by atoms with van der Waals surface area (Å²) in [4.78, 5) is 11.1. The third-order valence-electron chi connectivity index (χ3n) is 4.66. The maximum absolute atomic E-state index is 14.5. The zero-order valence-electron chi connectivity index (χ0n) is 16.1. The maximum Gasteiger partial charge on any atom is 0.328 e. The number of fused-ring (bicyclic) bond motifs is 1. The monoisotopic (exact) mass is 385 g/mol. The van der Waals surface area contributed by atoms with Crippen molar-refractivity contribution in [2.75, 3.05) is 7.11 Å². The van der Waals surface area contributed by atoms with Crippen LogP contribution in [-0.2, 0) is 4.79 Å². The van der Waals surface area contributed by atoms with Crippen LogP contribution in [0.25, 0.3) is 22.7 Å². The molecule has 0 amide bonds. The molecule has 1 heterocycles. The second-order valence-electron chi connectivity index (χ2n) is 6.90. The van der Waals surface area contributed by atoms with Crippen LogP contribution in [-0.4, -0.2) is 22.8 Å². The first-order chi connectivity index (χ1) is 13.2. The lowest BCUT2D eigenvalue weighted by Gasteiger charge is -2.15. The van der Waals surface area contributed by atoms with Gasteiger partial charge in [0.25, 0.3) is 0 Å². The lowest BCUT2D eigenvalue weighted by atomic mass is 10.0. The molecular formula is C22H21F2NO3. The lowest BCUT2D eigenvalue weighted by Crippen LogP contribution is -2.04. The minimum absolute atomic E-state index is 0.0136. The van der Waals surface area contributed by atoms with E-state index >= 15 is 0 Å². The number of aryl methyl sites for hydroxylation is 1. The molecular weight excluding hydrogens is 364 g/mol. The highest BCUT2D eigenvalue weighted by Gasteiger charge is 2.22. The van der Waals surface area contributed by atoms with Gasteiger partial charge in [0.05, 0.1) is 12.6 Å². The number of carboxylic acids is 1. The minimum Gasteiger partial charge on any atom is -0.494 e. The number of rotatable bonds is 5. The molecule has 0 aliphatic rings. The summed E-state index contributed by atoms with van der Waals surface area (Å²) in [6, 6.07) is 7.60. The number of carboxylic acid groups (broad SMARTS) is 1. The third kappa shape index (κ3) is 3.38. The fraction of sp³-hybridized carbons (Fsp3) is 0.227. The van der Waals surface area contributed by atoms with Gasteiger partial charge in [-0.05, 0) is 48.7 Å². The molecule has 146 valence electrons. The van der Waals surface area contributed by atoms with Crippen molar-refractivity contribution in [3.63, 3.8) is 0 Å². The summed E-state index contributed by atoms with van der Waals surface area (Å²) < 4.78 is 35.3. The van der Waals surface area contributed by atoms with Crippen LogP contribution < -0.4 is 4.74 Å². The smallest absolute Gasteiger partial charge is 0.328 e. The van der Waals surface area contributed by atoms with Crippen LogP contribution >= 0.6 is 0 Å². The Kier molecular flexibility index (Phi) is 5.23. The van der Waals surface area contributed by atoms with Crippen LogP contribution in [0.5, 0.6) is 5.75 Å². The van der Waals surface area contributed by atoms with Crippen molar-refractivity contribution in [3.8, 4) is 11.4 Å². The summed E-state index contributed by atoms with van der Waals surface area (Å²) in [6.45, 7) is 5.59. The van der Waals surface area contributed by atoms with Crippen LogP contribution in [0.3, 0.4) is 0 Å². The number of benzene rings is 2. The summed E-state index contributed by atoms with van der Waals surface area (Å²) >= 11 is 0. The molecule has 3 rings (SSSR count). The summed E-state index contributed by atoms with van der Waals surface area (Å²) in [7, 11) is 1.38. The van der Waals surface area contributed by atoms with Crippen LogP contribution in [0.15, 0.2) is 36.4 Å². The van der Waals surface area contributed by atoms with Crippen molar-refractivity contribution in [1.82, 2.24) is 4.57 Å². The van der Waals surface area contributed by atoms with Gasteiger partial charge < -0.3 is 14.4 Å². The first kappa shape index (κ1) is 19.6. The van der Waals surface area contributed by atoms with Gasteiger partial charge in [-0.15, -0.1) is 0 Å². The SMILES string of the molecule is COc1cc2c(/C=C/C(=O)O)c(C(C)C)n(-c3ccc(F)c(C)c3)c2cc1F. The van der Waals surface area contributed by atoms with Gasteiger partial charge in [0, 0.05) is 34.5 Å². The van der Waals surface area contributed by atoms with E-state index in [2.05, 4.69) is 0 Å². The van der Waals surface area contributed by atoms with Gasteiger partial charge in [0.1, 0.15) is 5.82 Å². The van der Waals surface area contributed by atoms with E-state index in [0.29, 0.717) is 27.7 Å². The van der Waals surface area contributed by atoms with Crippen LogP contribution in [0.4, 0.5) is 8.78 Å². The Morgan fingerprint density at radius 3 is 2.46 bits per heavy atom. The lowest BCUT2D eigenvalue weighted by molar-refractivity contribution is -0.131. The van der Waals surface area contributed by atoms with E-state index in [0.717, 1.165) is 11.8 Å². The summed E-state index contributed by atoms with van der Waals surface area (Å²) in [6.07, 6.45) is 2.56. The Morgan fingerprint density at radius 2 is 1.89 bits per heavy atom. The molecule has 1 aromatic heterocycles. The molecule has 6 heteroatoms. The van der Waals surface area contributed by atoms with Crippen LogP contribution in [0, 0.1) is 18.6 Å². The highest BCUT2D eigenvalue weighted by Crippen LogP contribution is 2.38. The Balaban J connectivity index is 2.47. The number of hydrogen-bond donors (Lipinski definition) is 1. The van der Waals surface area contributed by atoms with Gasteiger partial charge in [-0.3, -0.25) is 0 Å². The number of aliphatic carboxylic acids is 1. The van der Waals surface area contributed by atoms with Crippen molar-refractivity contribution in [2.24, 2.45) is 0 Å². The molecule has 0 fully saturated rings. The summed E-state index contributed by atoms with van der Waals surface area (Å²) in [5.74, 6) is -1.88. The molecule has 3 aromatic rings. The van der Waals surface area contributed by atoms with Crippen molar-refractivity contribution in [1.29, 1.82) is 0 Å². The quantitative estimate of drug-likeness (QED) is 0.595. The number of aromatic nitrogens is 1. The van der Waals surface area contributed by atoms with Crippen LogP contribution in [0.1, 0.15) is 36.6 Å². The number of carbonyl (C=O) groups is 1. The second kappa shape index (κ2) is 7.46. The number of hydrogen-bond acceptors (Lipinski definition) is 2. The van der Waals surface area contributed by atoms with E-state index < -0.39 is 11.8 Å². The van der Waals surface area contributed by atoms with E-state index in [1.165, 1.54) is 25.3 Å². The fourth-order valence-electron chi connectivity index (χ4n) is 3.43. The first-order valence-electron chi connectivity index (χ1n) is 8.84. The highest BCUT2D eigenvalue weighted by molar-refractivity contribution is 5.97. The van der Waals surface area contributed by atoms with Gasteiger partial charge in [-0.25, -0.2) is 13.6 Å². The van der Waals surface area contributed by atoms with E-state index in [-0.39, 0.29) is 17.5 Å². The minimum atomic E-state index is -1.08. The van der Waals surface area contributed by atoms with Gasteiger partial charge in [-0.1, -0.05) is 13.8 Å². The normalized spacial score (nSPS) is 11.7. The van der Waals surface area contributed by atoms with E-state index in [1.807, 2.05) is 18.4 Å². The topological polar surface area (TPSA) is 51.5 Å². The predicted octanol–water partition coefficient (Wildman–Crippen LogP) is 5.45. The zero-order valence-corrected chi connectivity index (χ0v) is 16.1. The van der Waals surface area contributed by atoms with Gasteiger partial charge in [-0.2, -0.15) is 0 Å². The summed E-state index contributed by atoms with van der Waals surface area (Å²) in [5.41, 5.74) is 3.15. The molecule has 28 heavy (non-hydrogen) atoms. The van der Waals surface area contributed by atoms with E-state index in [4.69, 9.17) is 9.84 Å². The van der Waals surface area contributed by atoms with Crippen molar-refractivity contribution in [2.45, 2.75) is 26.7 Å². The van der Waals surface area contributed by atoms with Gasteiger partial charge in [0.2, 0.25) is 0 Å². The Bertz CT molecular complexity index is 1100. The summed E-state index contributed by atoms with van der Waals surface area (Å²) in [5, 5.41) is 9.75. The maximum atomic E-state index is 14.5. The van der Waals surface area contributed by atoms with E-state index in [1.54, 1.807) is 25.1 Å². The largest absolute Gasteiger partial charge is 0.494 e. The molecule has 2 aromatic carbocycles. The second-order valence-corrected chi connectivity index (χ2v) is 6.90. The number of methoxy groups -OCH3 is 1. The molecule has 0 aliphatic heterocycles. The average molecular weight is 385 g/mol. The molecule has 0 bridgehead atoms. The predicted molar refractivity (Wildman–Crippen MR) is 105 cm³/mol. The molecule has 0 radical (unpaired) electrons. The Labute approximate surface area is 161 Å². The molecule has 0 aliphatic carbocycles. The molecule has 1 N–H and O–H groups in total. The van der Waals surface area contributed by atoms with Crippen molar-refractivity contribution in [3.05, 3.63) is 64.9 Å². The molecule has 0 spiro atoms. The molecule has 4 nitrogen and oxygen atoms in total. The number of nitrogens with zero attached hydrogens (tertiary/aromatic N) is 1. The van der Waals surface area contributed by atoms with E-state index in [9.17, 15) is 13.6 Å². The number of halogens is 2. The van der Waals surface area contributed by atoms with Crippen molar-refractivity contribution >= 4 is 22.9 Å². The zero-order chi connectivity index (χ0) is 20.6. The first-order valence-corrected chi connectivity index (χ1v) is 8.84. The Morgan fingerprint density at radius 1 is 1.18 bits per heavy atom. The van der Waals surface area contributed by atoms with Gasteiger partial charge >= 0.3 is 5.97 Å². The fourth-order valence-corrected chi connectivity index (χ4v) is 3.43. The Hall–Kier alpha value is -3.15. The highest BCUT2D eigenvalue weighted by atomic mass is 19.1. The number of ether oxygens (including phenoxy) is 1. The third-order valence-corrected chi connectivity index (χ3v) is 4.66. The molecule has 0 saturated carbocycles. The molecule has 0 saturated heterocycles. The molecule has 0 unspecified atom stereocenters. The average Bonchev–Trinajstić information content (AvgIpc) is 2.94. The molecule has 0 atom stereocenters. The van der Waals surface area contributed by atoms with Gasteiger partial charge in [0.15, 0.2) is 11.6 Å².